The first-order chi connectivity index (χ1) is 15.9. The minimum absolute atomic E-state index is 0.0224. The van der Waals surface area contributed by atoms with Crippen LogP contribution in [0.5, 0.6) is 0 Å². The summed E-state index contributed by atoms with van der Waals surface area (Å²) in [6.07, 6.45) is 6.65. The van der Waals surface area contributed by atoms with Crippen LogP contribution in [0.2, 0.25) is 0 Å². The zero-order chi connectivity index (χ0) is 24.4. The van der Waals surface area contributed by atoms with Gasteiger partial charge in [0.25, 0.3) is 0 Å². The van der Waals surface area contributed by atoms with Crippen LogP contribution in [-0.2, 0) is 19.1 Å². The van der Waals surface area contributed by atoms with Gasteiger partial charge in [-0.3, -0.25) is 4.79 Å². The van der Waals surface area contributed by atoms with Crippen molar-refractivity contribution in [3.63, 3.8) is 0 Å². The number of aliphatic hydroxyl groups is 2. The van der Waals surface area contributed by atoms with Gasteiger partial charge in [-0.25, -0.2) is 4.79 Å². The fraction of sp³-hybridized carbons (Fsp3) is 0.786. The van der Waals surface area contributed by atoms with Crippen LogP contribution in [0.15, 0.2) is 23.3 Å². The van der Waals surface area contributed by atoms with Gasteiger partial charge in [0.2, 0.25) is 0 Å². The van der Waals surface area contributed by atoms with Gasteiger partial charge in [0.15, 0.2) is 5.78 Å². The highest BCUT2D eigenvalue weighted by Crippen LogP contribution is 2.74. The maximum Gasteiger partial charge on any atom is 0.333 e. The van der Waals surface area contributed by atoms with E-state index in [1.165, 1.54) is 6.08 Å². The number of carbonyl (C=O) groups is 2. The maximum absolute atomic E-state index is 13.3. The smallest absolute Gasteiger partial charge is 0.333 e. The molecule has 11 atom stereocenters. The first-order valence-electron chi connectivity index (χ1n) is 13.1. The van der Waals surface area contributed by atoms with Crippen LogP contribution in [0.25, 0.3) is 0 Å². The molecule has 6 nitrogen and oxygen atoms in total. The van der Waals surface area contributed by atoms with Crippen molar-refractivity contribution in [3.05, 3.63) is 23.3 Å². The van der Waals surface area contributed by atoms with Crippen LogP contribution in [0.1, 0.15) is 73.1 Å². The normalized spacial score (nSPS) is 54.6. The molecular formula is C28H38O6. The first-order valence-corrected chi connectivity index (χ1v) is 13.1. The molecule has 0 bridgehead atoms. The summed E-state index contributed by atoms with van der Waals surface area (Å²) in [4.78, 5) is 25.7. The second-order valence-electron chi connectivity index (χ2n) is 12.7. The second-order valence-corrected chi connectivity index (χ2v) is 12.7. The molecule has 0 aromatic heterocycles. The summed E-state index contributed by atoms with van der Waals surface area (Å²) in [5.41, 5.74) is -1.04. The Hall–Kier alpha value is -1.50. The number of rotatable bonds is 2. The fourth-order valence-electron chi connectivity index (χ4n) is 9.48. The minimum Gasteiger partial charge on any atom is -0.458 e. The Kier molecular flexibility index (Phi) is 4.61. The molecule has 3 saturated carbocycles. The number of ether oxygens (including phenoxy) is 2. The van der Waals surface area contributed by atoms with Crippen molar-refractivity contribution in [1.82, 2.24) is 0 Å². The summed E-state index contributed by atoms with van der Waals surface area (Å²) in [5.74, 6) is 0.110. The Balaban J connectivity index is 1.32. The number of cyclic esters (lactones) is 1. The predicted molar refractivity (Wildman–Crippen MR) is 125 cm³/mol. The number of esters is 1. The van der Waals surface area contributed by atoms with E-state index in [1.54, 1.807) is 6.08 Å². The molecule has 186 valence electrons. The van der Waals surface area contributed by atoms with Gasteiger partial charge in [0, 0.05) is 12.0 Å². The number of ketones is 1. The molecular weight excluding hydrogens is 432 g/mol. The lowest BCUT2D eigenvalue weighted by Gasteiger charge is -2.61. The van der Waals surface area contributed by atoms with Gasteiger partial charge in [-0.1, -0.05) is 19.4 Å². The van der Waals surface area contributed by atoms with Crippen molar-refractivity contribution < 1.29 is 29.3 Å². The molecule has 1 spiro atoms. The van der Waals surface area contributed by atoms with E-state index in [4.69, 9.17) is 9.47 Å². The Morgan fingerprint density at radius 2 is 1.85 bits per heavy atom. The molecule has 2 heterocycles. The molecule has 1 saturated heterocycles. The Morgan fingerprint density at radius 3 is 2.56 bits per heavy atom. The fourth-order valence-corrected chi connectivity index (χ4v) is 9.48. The van der Waals surface area contributed by atoms with Crippen molar-refractivity contribution in [2.24, 2.45) is 34.5 Å². The average Bonchev–Trinajstić information content (AvgIpc) is 3.46. The van der Waals surface area contributed by atoms with Crippen molar-refractivity contribution in [2.45, 2.75) is 103 Å². The van der Waals surface area contributed by atoms with Crippen molar-refractivity contribution >= 4 is 11.8 Å². The number of fused-ring (bicyclic) bond motifs is 4. The summed E-state index contributed by atoms with van der Waals surface area (Å²) in [7, 11) is 0. The van der Waals surface area contributed by atoms with Crippen molar-refractivity contribution in [2.75, 3.05) is 0 Å². The highest BCUT2D eigenvalue weighted by Gasteiger charge is 2.82. The molecule has 6 heteroatoms. The highest BCUT2D eigenvalue weighted by molar-refractivity contribution is 5.98. The summed E-state index contributed by atoms with van der Waals surface area (Å²) < 4.78 is 12.0. The standard InChI is InChI=1S/C28H38O6/c1-14-12-20(33-24(31)15(14)2)16(3)17-9-11-27(32)19-13-23-28(34-23)22(30)7-6-21(29)26(28,5)18(19)8-10-25(17,27)4/h6-7,16-20,22-23,30,32H,8-13H2,1-5H3. The third-order valence-corrected chi connectivity index (χ3v) is 11.8. The molecule has 6 rings (SSSR count). The average molecular weight is 471 g/mol. The van der Waals surface area contributed by atoms with Crippen LogP contribution in [0.4, 0.5) is 0 Å². The van der Waals surface area contributed by atoms with Crippen LogP contribution < -0.4 is 0 Å². The lowest BCUT2D eigenvalue weighted by Crippen LogP contribution is -2.68. The van der Waals surface area contributed by atoms with Crippen LogP contribution in [0, 0.1) is 34.5 Å². The highest BCUT2D eigenvalue weighted by atomic mass is 16.6. The molecule has 6 aliphatic rings. The van der Waals surface area contributed by atoms with E-state index in [0.717, 1.165) is 36.8 Å². The van der Waals surface area contributed by atoms with Crippen LogP contribution in [-0.4, -0.2) is 51.5 Å². The SMILES string of the molecule is CC1=C(C)C(=O)OC(C(C)C2CCC3(O)C4CC5OC56C(O)C=CC(=O)C6(C)C4CCC23C)C1. The molecule has 4 fully saturated rings. The maximum atomic E-state index is 13.3. The Morgan fingerprint density at radius 1 is 1.12 bits per heavy atom. The molecule has 11 unspecified atom stereocenters. The van der Waals surface area contributed by atoms with Gasteiger partial charge in [0.05, 0.1) is 17.1 Å². The summed E-state index contributed by atoms with van der Waals surface area (Å²) in [6, 6.07) is 0. The monoisotopic (exact) mass is 470 g/mol. The van der Waals surface area contributed by atoms with Crippen LogP contribution in [0.3, 0.4) is 0 Å². The van der Waals surface area contributed by atoms with Crippen LogP contribution >= 0.6 is 0 Å². The van der Waals surface area contributed by atoms with Crippen molar-refractivity contribution in [3.8, 4) is 0 Å². The Bertz CT molecular complexity index is 1030. The lowest BCUT2D eigenvalue weighted by atomic mass is 9.43. The van der Waals surface area contributed by atoms with E-state index >= 15 is 0 Å². The van der Waals surface area contributed by atoms with Gasteiger partial charge in [-0.05, 0) is 94.1 Å². The van der Waals surface area contributed by atoms with E-state index in [0.29, 0.717) is 12.8 Å². The number of hydrogen-bond donors (Lipinski definition) is 2. The third-order valence-electron chi connectivity index (χ3n) is 11.8. The van der Waals surface area contributed by atoms with E-state index < -0.39 is 22.7 Å². The molecule has 0 amide bonds. The number of carbonyl (C=O) groups excluding carboxylic acids is 2. The quantitative estimate of drug-likeness (QED) is 0.474. The Labute approximate surface area is 201 Å². The molecule has 4 aliphatic carbocycles. The lowest BCUT2D eigenvalue weighted by molar-refractivity contribution is -0.204. The third kappa shape index (κ3) is 2.43. The van der Waals surface area contributed by atoms with E-state index in [-0.39, 0.29) is 53.0 Å². The van der Waals surface area contributed by atoms with E-state index in [9.17, 15) is 19.8 Å². The van der Waals surface area contributed by atoms with Gasteiger partial charge in [-0.2, -0.15) is 0 Å². The molecule has 0 radical (unpaired) electrons. The number of hydrogen-bond acceptors (Lipinski definition) is 6. The summed E-state index contributed by atoms with van der Waals surface area (Å²) in [5, 5.41) is 23.3. The molecule has 2 N–H and O–H groups in total. The van der Waals surface area contributed by atoms with Gasteiger partial charge in [0.1, 0.15) is 17.8 Å². The zero-order valence-corrected chi connectivity index (χ0v) is 21.0. The number of aliphatic hydroxyl groups excluding tert-OH is 1. The molecule has 0 aromatic rings. The topological polar surface area (TPSA) is 96.4 Å². The molecule has 2 aliphatic heterocycles. The number of epoxide rings is 1. The second kappa shape index (κ2) is 6.83. The summed E-state index contributed by atoms with van der Waals surface area (Å²) in [6.45, 7) is 10.2. The zero-order valence-electron chi connectivity index (χ0n) is 21.0. The van der Waals surface area contributed by atoms with Crippen molar-refractivity contribution in [1.29, 1.82) is 0 Å². The first kappa shape index (κ1) is 22.9. The predicted octanol–water partition coefficient (Wildman–Crippen LogP) is 3.50. The van der Waals surface area contributed by atoms with E-state index in [2.05, 4.69) is 13.8 Å². The molecule has 0 aromatic carbocycles. The summed E-state index contributed by atoms with van der Waals surface area (Å²) >= 11 is 0. The van der Waals surface area contributed by atoms with Gasteiger partial charge >= 0.3 is 5.97 Å². The molecule has 34 heavy (non-hydrogen) atoms. The van der Waals surface area contributed by atoms with Gasteiger partial charge < -0.3 is 19.7 Å². The number of allylic oxidation sites excluding steroid dienone is 1. The van der Waals surface area contributed by atoms with Gasteiger partial charge in [-0.15, -0.1) is 0 Å². The minimum atomic E-state index is -0.901. The van der Waals surface area contributed by atoms with E-state index in [1.807, 2.05) is 20.8 Å². The largest absolute Gasteiger partial charge is 0.458 e.